The number of H-pyrrole nitrogens is 1. The first-order valence-corrected chi connectivity index (χ1v) is 5.85. The number of hydrogen-bond acceptors (Lipinski definition) is 2. The van der Waals surface area contributed by atoms with Gasteiger partial charge in [0.15, 0.2) is 0 Å². The summed E-state index contributed by atoms with van der Waals surface area (Å²) in [5, 5.41) is 8.68. The molecule has 0 radical (unpaired) electrons. The van der Waals surface area contributed by atoms with E-state index in [0.717, 1.165) is 35.3 Å². The van der Waals surface area contributed by atoms with Crippen LogP contribution < -0.4 is 0 Å². The van der Waals surface area contributed by atoms with Crippen LogP contribution >= 0.6 is 15.9 Å². The lowest BCUT2D eigenvalue weighted by Gasteiger charge is -2.03. The summed E-state index contributed by atoms with van der Waals surface area (Å²) in [4.78, 5) is 0. The van der Waals surface area contributed by atoms with Crippen LogP contribution in [0.4, 0.5) is 0 Å². The number of hydrogen-bond donors (Lipinski definition) is 1. The van der Waals surface area contributed by atoms with Gasteiger partial charge in [-0.25, -0.2) is 0 Å². The van der Waals surface area contributed by atoms with Crippen LogP contribution in [-0.4, -0.2) is 23.4 Å². The minimum Gasteiger partial charge on any atom is -0.381 e. The lowest BCUT2D eigenvalue weighted by molar-refractivity contribution is 0.193. The minimum atomic E-state index is 0.458. The number of nitrogens with zero attached hydrogens (tertiary/aromatic N) is 1. The quantitative estimate of drug-likeness (QED) is 0.862. The van der Waals surface area contributed by atoms with Gasteiger partial charge in [-0.1, -0.05) is 15.9 Å². The highest BCUT2D eigenvalue weighted by molar-refractivity contribution is 9.10. The molecule has 78 valence electrons. The molecule has 1 aromatic carbocycles. The summed E-state index contributed by atoms with van der Waals surface area (Å²) in [5.41, 5.74) is 2.24. The molecule has 1 N–H and O–H groups in total. The van der Waals surface area contributed by atoms with Crippen molar-refractivity contribution in [1.29, 1.82) is 0 Å². The Labute approximate surface area is 95.9 Å². The third-order valence-corrected chi connectivity index (χ3v) is 3.36. The van der Waals surface area contributed by atoms with Crippen LogP contribution in [0.2, 0.25) is 0 Å². The fourth-order valence-corrected chi connectivity index (χ4v) is 2.44. The molecule has 0 spiro atoms. The van der Waals surface area contributed by atoms with Crippen molar-refractivity contribution in [2.45, 2.75) is 12.3 Å². The fourth-order valence-electron chi connectivity index (χ4n) is 2.07. The van der Waals surface area contributed by atoms with Crippen molar-refractivity contribution in [3.05, 3.63) is 28.4 Å². The Morgan fingerprint density at radius 2 is 2.40 bits per heavy atom. The summed E-state index contributed by atoms with van der Waals surface area (Å²) >= 11 is 3.45. The van der Waals surface area contributed by atoms with Gasteiger partial charge >= 0.3 is 0 Å². The van der Waals surface area contributed by atoms with Gasteiger partial charge < -0.3 is 4.74 Å². The predicted molar refractivity (Wildman–Crippen MR) is 62.0 cm³/mol. The second kappa shape index (κ2) is 3.61. The minimum absolute atomic E-state index is 0.458. The van der Waals surface area contributed by atoms with Crippen LogP contribution in [0.15, 0.2) is 22.7 Å². The van der Waals surface area contributed by atoms with Crippen LogP contribution in [0.1, 0.15) is 18.0 Å². The molecule has 3 rings (SSSR count). The van der Waals surface area contributed by atoms with Gasteiger partial charge in [-0.2, -0.15) is 5.10 Å². The van der Waals surface area contributed by atoms with E-state index in [4.69, 9.17) is 4.74 Å². The molecule has 4 heteroatoms. The average Bonchev–Trinajstić information content (AvgIpc) is 2.82. The lowest BCUT2D eigenvalue weighted by Crippen LogP contribution is -1.98. The molecule has 0 aliphatic carbocycles. The first-order chi connectivity index (χ1) is 7.34. The van der Waals surface area contributed by atoms with E-state index in [0.29, 0.717) is 5.92 Å². The van der Waals surface area contributed by atoms with Gasteiger partial charge in [-0.15, -0.1) is 0 Å². The monoisotopic (exact) mass is 266 g/mol. The normalized spacial score (nSPS) is 21.3. The maximum Gasteiger partial charge on any atom is 0.0755 e. The summed E-state index contributed by atoms with van der Waals surface area (Å²) in [6.45, 7) is 1.66. The summed E-state index contributed by atoms with van der Waals surface area (Å²) in [6.07, 6.45) is 1.08. The predicted octanol–water partition coefficient (Wildman–Crippen LogP) is 2.83. The van der Waals surface area contributed by atoms with Crippen LogP contribution in [0.3, 0.4) is 0 Å². The Morgan fingerprint density at radius 3 is 3.20 bits per heavy atom. The molecule has 0 bridgehead atoms. The number of aromatic nitrogens is 2. The number of ether oxygens (including phenoxy) is 1. The van der Waals surface area contributed by atoms with E-state index in [-0.39, 0.29) is 0 Å². The first kappa shape index (κ1) is 9.36. The van der Waals surface area contributed by atoms with Gasteiger partial charge in [0.2, 0.25) is 0 Å². The van der Waals surface area contributed by atoms with Crippen molar-refractivity contribution >= 4 is 26.8 Å². The molecule has 0 amide bonds. The van der Waals surface area contributed by atoms with E-state index < -0.39 is 0 Å². The SMILES string of the molecule is Brc1ccc2c(C3CCOC3)n[nH]c2c1. The molecule has 2 aromatic rings. The largest absolute Gasteiger partial charge is 0.381 e. The van der Waals surface area contributed by atoms with E-state index in [2.05, 4.69) is 44.3 Å². The van der Waals surface area contributed by atoms with Crippen molar-refractivity contribution in [3.63, 3.8) is 0 Å². The standard InChI is InChI=1S/C11H11BrN2O/c12-8-1-2-9-10(5-8)13-14-11(9)7-3-4-15-6-7/h1-2,5,7H,3-4,6H2,(H,13,14). The molecular weight excluding hydrogens is 256 g/mol. The Bertz CT molecular complexity index is 488. The van der Waals surface area contributed by atoms with Gasteiger partial charge in [-0.05, 0) is 24.6 Å². The zero-order valence-corrected chi connectivity index (χ0v) is 9.75. The van der Waals surface area contributed by atoms with Crippen molar-refractivity contribution in [3.8, 4) is 0 Å². The maximum atomic E-state index is 5.39. The van der Waals surface area contributed by atoms with Crippen molar-refractivity contribution in [1.82, 2.24) is 10.2 Å². The van der Waals surface area contributed by atoms with E-state index in [1.807, 2.05) is 0 Å². The highest BCUT2D eigenvalue weighted by Crippen LogP contribution is 2.30. The van der Waals surface area contributed by atoms with Gasteiger partial charge in [0.1, 0.15) is 0 Å². The van der Waals surface area contributed by atoms with E-state index in [9.17, 15) is 0 Å². The first-order valence-electron chi connectivity index (χ1n) is 5.06. The second-order valence-electron chi connectivity index (χ2n) is 3.86. The lowest BCUT2D eigenvalue weighted by atomic mass is 10.0. The molecule has 1 aromatic heterocycles. The van der Waals surface area contributed by atoms with E-state index in [1.165, 1.54) is 5.39 Å². The zero-order chi connectivity index (χ0) is 10.3. The summed E-state index contributed by atoms with van der Waals surface area (Å²) < 4.78 is 6.47. The maximum absolute atomic E-state index is 5.39. The number of rotatable bonds is 1. The second-order valence-corrected chi connectivity index (χ2v) is 4.77. The fraction of sp³-hybridized carbons (Fsp3) is 0.364. The van der Waals surface area contributed by atoms with Gasteiger partial charge in [0.25, 0.3) is 0 Å². The van der Waals surface area contributed by atoms with Crippen molar-refractivity contribution in [2.75, 3.05) is 13.2 Å². The molecule has 1 fully saturated rings. The molecular formula is C11H11BrN2O. The summed E-state index contributed by atoms with van der Waals surface area (Å²) in [6, 6.07) is 6.22. The third kappa shape index (κ3) is 1.58. The number of aromatic amines is 1. The topological polar surface area (TPSA) is 37.9 Å². The highest BCUT2D eigenvalue weighted by Gasteiger charge is 2.22. The molecule has 1 saturated heterocycles. The van der Waals surface area contributed by atoms with E-state index >= 15 is 0 Å². The molecule has 3 nitrogen and oxygen atoms in total. The van der Waals surface area contributed by atoms with Gasteiger partial charge in [-0.3, -0.25) is 5.10 Å². The molecule has 1 unspecified atom stereocenters. The average molecular weight is 267 g/mol. The van der Waals surface area contributed by atoms with E-state index in [1.54, 1.807) is 0 Å². The number of benzene rings is 1. The molecule has 1 aliphatic heterocycles. The number of halogens is 1. The molecule has 15 heavy (non-hydrogen) atoms. The Morgan fingerprint density at radius 1 is 1.47 bits per heavy atom. The third-order valence-electron chi connectivity index (χ3n) is 2.87. The zero-order valence-electron chi connectivity index (χ0n) is 8.16. The van der Waals surface area contributed by atoms with Crippen LogP contribution in [-0.2, 0) is 4.74 Å². The number of fused-ring (bicyclic) bond motifs is 1. The van der Waals surface area contributed by atoms with Crippen LogP contribution in [0, 0.1) is 0 Å². The molecule has 1 atom stereocenters. The van der Waals surface area contributed by atoms with Crippen molar-refractivity contribution < 1.29 is 4.74 Å². The Hall–Kier alpha value is -0.870. The highest BCUT2D eigenvalue weighted by atomic mass is 79.9. The molecule has 0 saturated carbocycles. The summed E-state index contributed by atoms with van der Waals surface area (Å²) in [7, 11) is 0. The van der Waals surface area contributed by atoms with Crippen molar-refractivity contribution in [2.24, 2.45) is 0 Å². The molecule has 1 aliphatic rings. The summed E-state index contributed by atoms with van der Waals surface area (Å²) in [5.74, 6) is 0.458. The number of nitrogens with one attached hydrogen (secondary N) is 1. The van der Waals surface area contributed by atoms with Gasteiger partial charge in [0.05, 0.1) is 17.8 Å². The van der Waals surface area contributed by atoms with Crippen LogP contribution in [0.25, 0.3) is 10.9 Å². The smallest absolute Gasteiger partial charge is 0.0755 e. The van der Waals surface area contributed by atoms with Crippen LogP contribution in [0.5, 0.6) is 0 Å². The van der Waals surface area contributed by atoms with Gasteiger partial charge in [0, 0.05) is 22.4 Å². The Kier molecular flexibility index (Phi) is 2.25. The Balaban J connectivity index is 2.11. The molecule has 2 heterocycles.